The minimum atomic E-state index is -0.111. The summed E-state index contributed by atoms with van der Waals surface area (Å²) < 4.78 is 0. The van der Waals surface area contributed by atoms with Crippen LogP contribution in [0.3, 0.4) is 0 Å². The fourth-order valence-corrected chi connectivity index (χ4v) is 2.72. The summed E-state index contributed by atoms with van der Waals surface area (Å²) in [5.74, 6) is -0.138. The summed E-state index contributed by atoms with van der Waals surface area (Å²) in [4.78, 5) is 26.0. The first-order chi connectivity index (χ1) is 11.5. The Morgan fingerprint density at radius 2 is 1.71 bits per heavy atom. The van der Waals surface area contributed by atoms with Gasteiger partial charge in [0.25, 0.3) is 5.91 Å². The van der Waals surface area contributed by atoms with Crippen LogP contribution in [0.2, 0.25) is 0 Å². The third-order valence-corrected chi connectivity index (χ3v) is 4.05. The van der Waals surface area contributed by atoms with Gasteiger partial charge in [-0.2, -0.15) is 0 Å². The van der Waals surface area contributed by atoms with Crippen LogP contribution in [0.1, 0.15) is 35.3 Å². The Morgan fingerprint density at radius 1 is 1.04 bits per heavy atom. The molecule has 0 saturated carbocycles. The number of carbonyl (C=O) groups is 2. The van der Waals surface area contributed by atoms with E-state index in [9.17, 15) is 9.59 Å². The van der Waals surface area contributed by atoms with Crippen LogP contribution < -0.4 is 10.2 Å². The van der Waals surface area contributed by atoms with Crippen molar-refractivity contribution in [3.63, 3.8) is 0 Å². The fourth-order valence-electron chi connectivity index (χ4n) is 2.72. The maximum Gasteiger partial charge on any atom is 0.251 e. The zero-order valence-corrected chi connectivity index (χ0v) is 14.5. The Hall–Kier alpha value is -2.62. The van der Waals surface area contributed by atoms with Gasteiger partial charge in [0, 0.05) is 31.3 Å². The molecule has 0 aliphatic carbocycles. The Balaban J connectivity index is 2.04. The highest BCUT2D eigenvalue weighted by Crippen LogP contribution is 2.20. The minimum absolute atomic E-state index is 0.0268. The van der Waals surface area contributed by atoms with Gasteiger partial charge in [-0.3, -0.25) is 9.59 Å². The maximum atomic E-state index is 12.3. The quantitative estimate of drug-likeness (QED) is 0.886. The van der Waals surface area contributed by atoms with Crippen LogP contribution >= 0.6 is 0 Å². The second-order valence-electron chi connectivity index (χ2n) is 5.72. The maximum absolute atomic E-state index is 12.3. The lowest BCUT2D eigenvalue weighted by molar-refractivity contribution is -0.116. The lowest BCUT2D eigenvalue weighted by Gasteiger charge is -2.24. The molecule has 0 radical (unpaired) electrons. The number of nitrogens with one attached hydrogen (secondary N) is 1. The van der Waals surface area contributed by atoms with Crippen molar-refractivity contribution in [2.24, 2.45) is 0 Å². The molecule has 2 rings (SSSR count). The number of rotatable bonds is 6. The highest BCUT2D eigenvalue weighted by Gasteiger charge is 2.15. The molecule has 2 aromatic rings. The average Bonchev–Trinajstić information content (AvgIpc) is 2.58. The van der Waals surface area contributed by atoms with Crippen molar-refractivity contribution in [1.29, 1.82) is 0 Å². The molecule has 0 heterocycles. The molecule has 2 amide bonds. The van der Waals surface area contributed by atoms with Gasteiger partial charge >= 0.3 is 0 Å². The van der Waals surface area contributed by atoms with E-state index in [1.807, 2.05) is 49.4 Å². The molecule has 0 fully saturated rings. The number of para-hydroxylation sites is 1. The molecule has 4 nitrogen and oxygen atoms in total. The molecule has 0 spiro atoms. The number of anilines is 1. The average molecular weight is 324 g/mol. The van der Waals surface area contributed by atoms with E-state index in [4.69, 9.17) is 0 Å². The third-order valence-electron chi connectivity index (χ3n) is 4.05. The summed E-state index contributed by atoms with van der Waals surface area (Å²) in [6, 6.07) is 15.3. The van der Waals surface area contributed by atoms with Crippen molar-refractivity contribution in [1.82, 2.24) is 5.32 Å². The van der Waals surface area contributed by atoms with Crippen molar-refractivity contribution in [2.75, 3.05) is 18.0 Å². The molecule has 1 N–H and O–H groups in total. The zero-order valence-electron chi connectivity index (χ0n) is 14.5. The predicted octanol–water partition coefficient (Wildman–Crippen LogP) is 3.34. The van der Waals surface area contributed by atoms with Crippen LogP contribution in [-0.2, 0) is 11.2 Å². The number of benzene rings is 2. The number of aryl methyl sites for hydroxylation is 2. The monoisotopic (exact) mass is 324 g/mol. The van der Waals surface area contributed by atoms with E-state index in [-0.39, 0.29) is 11.8 Å². The highest BCUT2D eigenvalue weighted by atomic mass is 16.2. The van der Waals surface area contributed by atoms with E-state index in [1.165, 1.54) is 0 Å². The molecule has 0 saturated heterocycles. The summed E-state index contributed by atoms with van der Waals surface area (Å²) >= 11 is 0. The van der Waals surface area contributed by atoms with E-state index in [1.54, 1.807) is 17.9 Å². The molecule has 4 heteroatoms. The fraction of sp³-hybridized carbons (Fsp3) is 0.300. The first-order valence-corrected chi connectivity index (χ1v) is 8.24. The number of hydrogen-bond acceptors (Lipinski definition) is 2. The van der Waals surface area contributed by atoms with Gasteiger partial charge in [0.15, 0.2) is 0 Å². The van der Waals surface area contributed by atoms with E-state index >= 15 is 0 Å². The number of carbonyl (C=O) groups excluding carboxylic acids is 2. The summed E-state index contributed by atoms with van der Waals surface area (Å²) in [7, 11) is 0. The van der Waals surface area contributed by atoms with Crippen LogP contribution in [-0.4, -0.2) is 24.9 Å². The molecule has 2 aromatic carbocycles. The topological polar surface area (TPSA) is 49.4 Å². The standard InChI is InChI=1S/C20H24N2O2/c1-4-17-10-6-8-12-19(17)22(16(3)23)14-13-21-20(24)18-11-7-5-9-15(18)2/h5-12H,4,13-14H2,1-3H3,(H,21,24). The van der Waals surface area contributed by atoms with Crippen molar-refractivity contribution in [2.45, 2.75) is 27.2 Å². The molecule has 0 aliphatic heterocycles. The van der Waals surface area contributed by atoms with Crippen molar-refractivity contribution >= 4 is 17.5 Å². The molecular formula is C20H24N2O2. The van der Waals surface area contributed by atoms with Crippen LogP contribution in [0.15, 0.2) is 48.5 Å². The molecule has 0 unspecified atom stereocenters. The first-order valence-electron chi connectivity index (χ1n) is 8.24. The van der Waals surface area contributed by atoms with E-state index < -0.39 is 0 Å². The summed E-state index contributed by atoms with van der Waals surface area (Å²) in [5, 5.41) is 2.90. The van der Waals surface area contributed by atoms with Gasteiger partial charge in [0.05, 0.1) is 0 Å². The van der Waals surface area contributed by atoms with Gasteiger partial charge in [-0.05, 0) is 36.6 Å². The predicted molar refractivity (Wildman–Crippen MR) is 97.4 cm³/mol. The Kier molecular flexibility index (Phi) is 6.13. The molecule has 0 aliphatic rings. The smallest absolute Gasteiger partial charge is 0.251 e. The summed E-state index contributed by atoms with van der Waals surface area (Å²) in [6.07, 6.45) is 0.857. The van der Waals surface area contributed by atoms with Gasteiger partial charge in [0.2, 0.25) is 5.91 Å². The first kappa shape index (κ1) is 17.7. The van der Waals surface area contributed by atoms with Gasteiger partial charge in [-0.1, -0.05) is 43.3 Å². The zero-order chi connectivity index (χ0) is 17.5. The van der Waals surface area contributed by atoms with E-state index in [2.05, 4.69) is 12.2 Å². The van der Waals surface area contributed by atoms with Crippen LogP contribution in [0.4, 0.5) is 5.69 Å². The molecule has 24 heavy (non-hydrogen) atoms. The second-order valence-corrected chi connectivity index (χ2v) is 5.72. The van der Waals surface area contributed by atoms with Crippen LogP contribution in [0, 0.1) is 6.92 Å². The van der Waals surface area contributed by atoms with Crippen LogP contribution in [0.25, 0.3) is 0 Å². The number of amides is 2. The van der Waals surface area contributed by atoms with Gasteiger partial charge < -0.3 is 10.2 Å². The number of hydrogen-bond donors (Lipinski definition) is 1. The van der Waals surface area contributed by atoms with Crippen molar-refractivity contribution < 1.29 is 9.59 Å². The normalized spacial score (nSPS) is 10.3. The molecule has 0 atom stereocenters. The van der Waals surface area contributed by atoms with Gasteiger partial charge in [-0.15, -0.1) is 0 Å². The van der Waals surface area contributed by atoms with E-state index in [0.717, 1.165) is 23.2 Å². The van der Waals surface area contributed by atoms with Crippen LogP contribution in [0.5, 0.6) is 0 Å². The van der Waals surface area contributed by atoms with E-state index in [0.29, 0.717) is 18.7 Å². The summed E-state index contributed by atoms with van der Waals surface area (Å²) in [6.45, 7) is 6.38. The largest absolute Gasteiger partial charge is 0.350 e. The lowest BCUT2D eigenvalue weighted by atomic mass is 10.1. The molecule has 0 aromatic heterocycles. The Bertz CT molecular complexity index is 725. The van der Waals surface area contributed by atoms with Crippen molar-refractivity contribution in [3.05, 3.63) is 65.2 Å². The second kappa shape index (κ2) is 8.29. The Morgan fingerprint density at radius 3 is 2.38 bits per heavy atom. The molecule has 126 valence electrons. The molecular weight excluding hydrogens is 300 g/mol. The highest BCUT2D eigenvalue weighted by molar-refractivity contribution is 5.96. The number of nitrogens with zero attached hydrogens (tertiary/aromatic N) is 1. The lowest BCUT2D eigenvalue weighted by Crippen LogP contribution is -2.38. The van der Waals surface area contributed by atoms with Gasteiger partial charge in [0.1, 0.15) is 0 Å². The molecule has 0 bridgehead atoms. The van der Waals surface area contributed by atoms with Gasteiger partial charge in [-0.25, -0.2) is 0 Å². The SMILES string of the molecule is CCc1ccccc1N(CCNC(=O)c1ccccc1C)C(C)=O. The Labute approximate surface area is 143 Å². The summed E-state index contributed by atoms with van der Waals surface area (Å²) in [5.41, 5.74) is 3.64. The third kappa shape index (κ3) is 4.22. The minimum Gasteiger partial charge on any atom is -0.350 e. The van der Waals surface area contributed by atoms with Crippen molar-refractivity contribution in [3.8, 4) is 0 Å².